The van der Waals surface area contributed by atoms with E-state index in [1.54, 1.807) is 7.11 Å². The van der Waals surface area contributed by atoms with Gasteiger partial charge in [-0.05, 0) is 67.5 Å². The van der Waals surface area contributed by atoms with E-state index in [0.717, 1.165) is 11.4 Å². The fraction of sp³-hybridized carbons (Fsp3) is 0.393. The molecule has 1 aliphatic heterocycles. The van der Waals surface area contributed by atoms with E-state index in [1.807, 2.05) is 42.6 Å². The summed E-state index contributed by atoms with van der Waals surface area (Å²) in [4.78, 5) is 19.1. The van der Waals surface area contributed by atoms with Gasteiger partial charge in [0.05, 0.1) is 24.5 Å². The molecule has 2 aliphatic rings. The molecule has 1 aromatic carbocycles. The molecule has 0 spiro atoms. The molecule has 3 aromatic rings. The van der Waals surface area contributed by atoms with Crippen molar-refractivity contribution in [1.82, 2.24) is 14.9 Å². The third-order valence-corrected chi connectivity index (χ3v) is 7.51. The maximum atomic E-state index is 12.3. The topological polar surface area (TPSA) is 80.7 Å². The first-order valence-electron chi connectivity index (χ1n) is 12.7. The zero-order valence-electron chi connectivity index (χ0n) is 21.2. The highest BCUT2D eigenvalue weighted by molar-refractivity contribution is 7.80. The van der Waals surface area contributed by atoms with Crippen molar-refractivity contribution in [3.8, 4) is 5.75 Å². The molecule has 37 heavy (non-hydrogen) atoms. The van der Waals surface area contributed by atoms with Gasteiger partial charge in [-0.25, -0.2) is 0 Å². The van der Waals surface area contributed by atoms with Crippen LogP contribution in [0.15, 0.2) is 60.9 Å². The number of benzene rings is 1. The van der Waals surface area contributed by atoms with Crippen LogP contribution in [0.3, 0.4) is 0 Å². The molecule has 194 valence electrons. The van der Waals surface area contributed by atoms with Gasteiger partial charge in [0.15, 0.2) is 5.11 Å². The summed E-state index contributed by atoms with van der Waals surface area (Å²) in [6.07, 6.45) is 10.2. The summed E-state index contributed by atoms with van der Waals surface area (Å²) in [5.41, 5.74) is 3.53. The smallest absolute Gasteiger partial charge is 0.250 e. The van der Waals surface area contributed by atoms with Crippen molar-refractivity contribution in [2.75, 3.05) is 31.0 Å². The molecule has 1 amide bonds. The van der Waals surface area contributed by atoms with Gasteiger partial charge >= 0.3 is 0 Å². The van der Waals surface area contributed by atoms with E-state index in [-0.39, 0.29) is 24.6 Å². The van der Waals surface area contributed by atoms with E-state index in [4.69, 9.17) is 21.7 Å². The highest BCUT2D eigenvalue weighted by Gasteiger charge is 2.42. The van der Waals surface area contributed by atoms with E-state index in [9.17, 15) is 4.79 Å². The Bertz CT molecular complexity index is 1240. The molecule has 2 aromatic heterocycles. The second kappa shape index (κ2) is 11.3. The van der Waals surface area contributed by atoms with E-state index < -0.39 is 0 Å². The molecule has 5 rings (SSSR count). The lowest BCUT2D eigenvalue weighted by atomic mass is 9.94. The molecule has 1 saturated carbocycles. The van der Waals surface area contributed by atoms with Gasteiger partial charge in [-0.2, -0.15) is 0 Å². The van der Waals surface area contributed by atoms with Gasteiger partial charge in [0, 0.05) is 36.9 Å². The van der Waals surface area contributed by atoms with Crippen LogP contribution in [0.4, 0.5) is 11.4 Å². The summed E-state index contributed by atoms with van der Waals surface area (Å²) in [7, 11) is 3.07. The number of thiocarbonyl (C=S) groups is 1. The van der Waals surface area contributed by atoms with Gasteiger partial charge in [-0.15, -0.1) is 0 Å². The number of ether oxygens (including phenoxy) is 2. The molecule has 9 heteroatoms. The summed E-state index contributed by atoms with van der Waals surface area (Å²) in [5.74, 6) is 0.309. The second-order valence-electron chi connectivity index (χ2n) is 9.49. The number of carbonyl (C=O) groups is 1. The third-order valence-electron chi connectivity index (χ3n) is 7.19. The normalized spacial score (nSPS) is 20.1. The largest absolute Gasteiger partial charge is 0.495 e. The number of carbonyl (C=O) groups excluding carboxylic acids is 1. The molecule has 1 saturated heterocycles. The van der Waals surface area contributed by atoms with Crippen LogP contribution < -0.4 is 20.3 Å². The first kappa shape index (κ1) is 25.2. The number of anilines is 2. The van der Waals surface area contributed by atoms with Gasteiger partial charge in [-0.3, -0.25) is 9.78 Å². The number of hydrogen-bond donors (Lipinski definition) is 2. The Morgan fingerprint density at radius 3 is 2.70 bits per heavy atom. The number of aromatic nitrogens is 2. The third kappa shape index (κ3) is 5.19. The molecular formula is C28H33N5O3S. The van der Waals surface area contributed by atoms with Crippen LogP contribution in [-0.4, -0.2) is 41.4 Å². The van der Waals surface area contributed by atoms with Gasteiger partial charge in [0.1, 0.15) is 18.4 Å². The number of pyridine rings is 1. The predicted molar refractivity (Wildman–Crippen MR) is 148 cm³/mol. The van der Waals surface area contributed by atoms with Gasteiger partial charge in [0.25, 0.3) is 0 Å². The standard InChI is InChI=1S/C28H33N5O3S/c1-35-18-25(34)30-22-17-20(13-14-24(22)36-2)33-27(26(31-28(33)37)21-11-6-7-15-29-21)23-12-8-16-32(23)19-9-4-3-5-10-19/h6-8,11-17,19,26-27H,3-5,9-10,18H2,1-2H3,(H,30,34)(H,31,37). The van der Waals surface area contributed by atoms with E-state index in [1.165, 1.54) is 44.9 Å². The van der Waals surface area contributed by atoms with E-state index >= 15 is 0 Å². The minimum absolute atomic E-state index is 0.0453. The molecule has 8 nitrogen and oxygen atoms in total. The fourth-order valence-electron chi connectivity index (χ4n) is 5.54. The lowest BCUT2D eigenvalue weighted by Gasteiger charge is -2.32. The molecule has 1 aliphatic carbocycles. The highest BCUT2D eigenvalue weighted by atomic mass is 32.1. The van der Waals surface area contributed by atoms with Crippen LogP contribution in [0, 0.1) is 0 Å². The molecule has 2 atom stereocenters. The Kier molecular flexibility index (Phi) is 7.71. The van der Waals surface area contributed by atoms with Gasteiger partial charge < -0.3 is 29.6 Å². The number of nitrogens with zero attached hydrogens (tertiary/aromatic N) is 3. The minimum atomic E-state index is -0.255. The number of amides is 1. The summed E-state index contributed by atoms with van der Waals surface area (Å²) in [6, 6.07) is 16.2. The van der Waals surface area contributed by atoms with Crippen molar-refractivity contribution in [3.05, 3.63) is 72.3 Å². The molecule has 2 fully saturated rings. The Hall–Kier alpha value is -3.43. The van der Waals surface area contributed by atoms with Crippen LogP contribution in [0.5, 0.6) is 5.75 Å². The number of rotatable bonds is 8. The summed E-state index contributed by atoms with van der Waals surface area (Å²) < 4.78 is 13.0. The Morgan fingerprint density at radius 2 is 1.97 bits per heavy atom. The molecule has 2 N–H and O–H groups in total. The Morgan fingerprint density at radius 1 is 1.14 bits per heavy atom. The van der Waals surface area contributed by atoms with Crippen LogP contribution in [0.1, 0.15) is 61.6 Å². The Balaban J connectivity index is 1.58. The maximum Gasteiger partial charge on any atom is 0.250 e. The molecule has 0 bridgehead atoms. The van der Waals surface area contributed by atoms with Crippen molar-refractivity contribution in [1.29, 1.82) is 0 Å². The molecule has 0 radical (unpaired) electrons. The summed E-state index contributed by atoms with van der Waals surface area (Å²) in [6.45, 7) is -0.0453. The van der Waals surface area contributed by atoms with Crippen molar-refractivity contribution in [2.24, 2.45) is 0 Å². The van der Waals surface area contributed by atoms with Crippen molar-refractivity contribution in [2.45, 2.75) is 50.2 Å². The molecule has 2 unspecified atom stereocenters. The van der Waals surface area contributed by atoms with Crippen molar-refractivity contribution in [3.63, 3.8) is 0 Å². The van der Waals surface area contributed by atoms with E-state index in [0.29, 0.717) is 22.6 Å². The summed E-state index contributed by atoms with van der Waals surface area (Å²) in [5, 5.41) is 7.05. The monoisotopic (exact) mass is 519 g/mol. The van der Waals surface area contributed by atoms with Gasteiger partial charge in [-0.1, -0.05) is 25.3 Å². The highest BCUT2D eigenvalue weighted by Crippen LogP contribution is 2.44. The lowest BCUT2D eigenvalue weighted by molar-refractivity contribution is -0.119. The first-order chi connectivity index (χ1) is 18.1. The van der Waals surface area contributed by atoms with E-state index in [2.05, 4.69) is 43.4 Å². The van der Waals surface area contributed by atoms with Crippen LogP contribution in [-0.2, 0) is 9.53 Å². The number of methoxy groups -OCH3 is 2. The Labute approximate surface area is 223 Å². The fourth-order valence-corrected chi connectivity index (χ4v) is 5.89. The first-order valence-corrected chi connectivity index (χ1v) is 13.2. The van der Waals surface area contributed by atoms with Gasteiger partial charge in [0.2, 0.25) is 5.91 Å². The zero-order valence-corrected chi connectivity index (χ0v) is 22.0. The lowest BCUT2D eigenvalue weighted by Crippen LogP contribution is -2.31. The maximum absolute atomic E-state index is 12.3. The van der Waals surface area contributed by atoms with Crippen LogP contribution in [0.2, 0.25) is 0 Å². The van der Waals surface area contributed by atoms with Crippen molar-refractivity contribution >= 4 is 34.6 Å². The number of nitrogens with one attached hydrogen (secondary N) is 2. The molecular weight excluding hydrogens is 486 g/mol. The minimum Gasteiger partial charge on any atom is -0.495 e. The zero-order chi connectivity index (χ0) is 25.8. The number of hydrogen-bond acceptors (Lipinski definition) is 5. The average Bonchev–Trinajstić information content (AvgIpc) is 3.54. The average molecular weight is 520 g/mol. The van der Waals surface area contributed by atoms with Crippen LogP contribution in [0.25, 0.3) is 0 Å². The quantitative estimate of drug-likeness (QED) is 0.398. The summed E-state index contributed by atoms with van der Waals surface area (Å²) >= 11 is 5.92. The predicted octanol–water partition coefficient (Wildman–Crippen LogP) is 5.16. The SMILES string of the molecule is COCC(=O)Nc1cc(N2C(=S)NC(c3ccccn3)C2c2cccn2C2CCCCC2)ccc1OC. The van der Waals surface area contributed by atoms with Crippen LogP contribution >= 0.6 is 12.2 Å². The molecule has 3 heterocycles. The van der Waals surface area contributed by atoms with Crippen molar-refractivity contribution < 1.29 is 14.3 Å². The second-order valence-corrected chi connectivity index (χ2v) is 9.88.